The van der Waals surface area contributed by atoms with Gasteiger partial charge in [0.1, 0.15) is 6.61 Å². The molecule has 0 bridgehead atoms. The molecule has 6 rings (SSSR count). The highest BCUT2D eigenvalue weighted by molar-refractivity contribution is 6.33. The van der Waals surface area contributed by atoms with Crippen LogP contribution in [0.25, 0.3) is 11.3 Å². The largest absolute Gasteiger partial charge is 0.486 e. The third-order valence-electron chi connectivity index (χ3n) is 9.33. The van der Waals surface area contributed by atoms with Crippen molar-refractivity contribution in [2.75, 3.05) is 7.11 Å². The molecule has 3 unspecified atom stereocenters. The van der Waals surface area contributed by atoms with E-state index in [2.05, 4.69) is 24.9 Å². The smallest absolute Gasteiger partial charge is 0.307 e. The first kappa shape index (κ1) is 26.1. The maximum atomic E-state index is 15.7. The van der Waals surface area contributed by atoms with Gasteiger partial charge in [-0.25, -0.2) is 9.37 Å². The first-order chi connectivity index (χ1) is 18.6. The van der Waals surface area contributed by atoms with E-state index >= 15 is 4.39 Å². The molecule has 1 heterocycles. The van der Waals surface area contributed by atoms with Crippen molar-refractivity contribution in [1.29, 1.82) is 0 Å². The zero-order chi connectivity index (χ0) is 27.5. The summed E-state index contributed by atoms with van der Waals surface area (Å²) in [6, 6.07) is 13.3. The lowest BCUT2D eigenvalue weighted by molar-refractivity contribution is -0.139. The monoisotopic (exact) mass is 549 g/mol. The normalized spacial score (nSPS) is 24.5. The number of aryl methyl sites for hydroxylation is 1. The number of carboxylic acid groups (broad SMARTS) is 1. The number of fused-ring (bicyclic) bond motifs is 2. The lowest BCUT2D eigenvalue weighted by atomic mass is 9.75. The molecule has 204 valence electrons. The van der Waals surface area contributed by atoms with E-state index in [1.54, 1.807) is 19.2 Å². The van der Waals surface area contributed by atoms with Gasteiger partial charge in [-0.1, -0.05) is 56.1 Å². The fourth-order valence-electron chi connectivity index (χ4n) is 7.12. The highest BCUT2D eigenvalue weighted by Crippen LogP contribution is 2.63. The van der Waals surface area contributed by atoms with Crippen LogP contribution in [0.2, 0.25) is 5.02 Å². The van der Waals surface area contributed by atoms with Crippen molar-refractivity contribution in [3.05, 3.63) is 75.6 Å². The van der Waals surface area contributed by atoms with Crippen molar-refractivity contribution in [2.24, 2.45) is 11.3 Å². The molecule has 1 spiro atoms. The molecule has 0 radical (unpaired) electrons. The van der Waals surface area contributed by atoms with E-state index in [1.165, 1.54) is 0 Å². The molecule has 3 atom stereocenters. The van der Waals surface area contributed by atoms with Crippen LogP contribution < -0.4 is 9.47 Å². The first-order valence-corrected chi connectivity index (χ1v) is 14.0. The number of carboxylic acids is 1. The van der Waals surface area contributed by atoms with Crippen LogP contribution in [0, 0.1) is 17.2 Å². The Balaban J connectivity index is 1.33. The van der Waals surface area contributed by atoms with Crippen molar-refractivity contribution >= 4 is 17.6 Å². The van der Waals surface area contributed by atoms with Crippen molar-refractivity contribution in [1.82, 2.24) is 4.98 Å². The SMILES string of the molecule is COc1ccc(Cl)c(-c2ccc(COc3ccc4c(c3F)C3(CC4)CC3C(=O)O)cc2C2CCCC2(C)C)n1. The quantitative estimate of drug-likeness (QED) is 0.327. The highest BCUT2D eigenvalue weighted by atomic mass is 35.5. The standard InChI is InChI=1S/C32H33ClFNO4/c1-31(2)13-4-5-22(31)21-15-18(6-8-20(21)29-24(33)9-11-26(35-29)38-3)17-39-25-10-7-19-12-14-32(27(19)28(25)34)16-23(32)30(36)37/h6-11,15,22-23H,4-5,12-14,16-17H2,1-3H3,(H,36,37). The van der Waals surface area contributed by atoms with Crippen molar-refractivity contribution in [3.63, 3.8) is 0 Å². The summed E-state index contributed by atoms with van der Waals surface area (Å²) in [4.78, 5) is 16.3. The average Bonchev–Trinajstić information content (AvgIpc) is 3.36. The lowest BCUT2D eigenvalue weighted by Crippen LogP contribution is -2.17. The van der Waals surface area contributed by atoms with Gasteiger partial charge in [-0.2, -0.15) is 0 Å². The van der Waals surface area contributed by atoms with E-state index in [9.17, 15) is 9.90 Å². The zero-order valence-electron chi connectivity index (χ0n) is 22.5. The van der Waals surface area contributed by atoms with Crippen molar-refractivity contribution in [3.8, 4) is 22.9 Å². The number of aromatic nitrogens is 1. The van der Waals surface area contributed by atoms with Crippen molar-refractivity contribution in [2.45, 2.75) is 70.3 Å². The number of hydrogen-bond acceptors (Lipinski definition) is 4. The molecule has 2 fully saturated rings. The second-order valence-corrected chi connectivity index (χ2v) is 12.4. The Kier molecular flexibility index (Phi) is 6.37. The number of ether oxygens (including phenoxy) is 2. The van der Waals surface area contributed by atoms with Gasteiger partial charge in [0, 0.05) is 22.6 Å². The summed E-state index contributed by atoms with van der Waals surface area (Å²) < 4.78 is 27.2. The maximum Gasteiger partial charge on any atom is 0.307 e. The number of hydrogen-bond donors (Lipinski definition) is 1. The summed E-state index contributed by atoms with van der Waals surface area (Å²) in [6.07, 6.45) is 5.24. The molecular weight excluding hydrogens is 517 g/mol. The molecule has 0 saturated heterocycles. The average molecular weight is 550 g/mol. The predicted molar refractivity (Wildman–Crippen MR) is 148 cm³/mol. The van der Waals surface area contributed by atoms with Gasteiger partial charge in [0.15, 0.2) is 11.6 Å². The molecule has 0 amide bonds. The van der Waals surface area contributed by atoms with E-state index in [4.69, 9.17) is 21.1 Å². The molecule has 2 aromatic carbocycles. The fourth-order valence-corrected chi connectivity index (χ4v) is 7.32. The Labute approximate surface area is 233 Å². The fraction of sp³-hybridized carbons (Fsp3) is 0.438. The Morgan fingerprint density at radius 1 is 1.18 bits per heavy atom. The molecule has 5 nitrogen and oxygen atoms in total. The number of rotatable bonds is 7. The van der Waals surface area contributed by atoms with E-state index in [0.717, 1.165) is 41.5 Å². The number of pyridine rings is 1. The van der Waals surface area contributed by atoms with Gasteiger partial charge in [-0.15, -0.1) is 0 Å². The van der Waals surface area contributed by atoms with Crippen LogP contribution in [0.15, 0.2) is 42.5 Å². The summed E-state index contributed by atoms with van der Waals surface area (Å²) >= 11 is 6.62. The van der Waals surface area contributed by atoms with Crippen LogP contribution in [-0.4, -0.2) is 23.2 Å². The van der Waals surface area contributed by atoms with E-state index in [0.29, 0.717) is 47.3 Å². The van der Waals surface area contributed by atoms with Gasteiger partial charge in [0.05, 0.1) is 23.7 Å². The predicted octanol–water partition coefficient (Wildman–Crippen LogP) is 7.71. The molecular formula is C32H33ClFNO4. The molecule has 3 aromatic rings. The van der Waals surface area contributed by atoms with Gasteiger partial charge < -0.3 is 14.6 Å². The molecule has 0 aliphatic heterocycles. The maximum absolute atomic E-state index is 15.7. The molecule has 2 saturated carbocycles. The van der Waals surface area contributed by atoms with Crippen LogP contribution >= 0.6 is 11.6 Å². The number of carbonyl (C=O) groups is 1. The number of aliphatic carboxylic acids is 1. The third-order valence-corrected chi connectivity index (χ3v) is 9.64. The summed E-state index contributed by atoms with van der Waals surface area (Å²) in [7, 11) is 1.59. The Morgan fingerprint density at radius 2 is 2.00 bits per heavy atom. The second-order valence-electron chi connectivity index (χ2n) is 12.0. The topological polar surface area (TPSA) is 68.7 Å². The van der Waals surface area contributed by atoms with E-state index in [-0.39, 0.29) is 17.8 Å². The van der Waals surface area contributed by atoms with Crippen LogP contribution in [0.3, 0.4) is 0 Å². The summed E-state index contributed by atoms with van der Waals surface area (Å²) in [5.41, 5.74) is 4.75. The van der Waals surface area contributed by atoms with E-state index in [1.807, 2.05) is 24.3 Å². The Hall–Kier alpha value is -3.12. The number of methoxy groups -OCH3 is 1. The van der Waals surface area contributed by atoms with Crippen LogP contribution in [-0.2, 0) is 23.2 Å². The molecule has 39 heavy (non-hydrogen) atoms. The van der Waals surface area contributed by atoms with Crippen LogP contribution in [0.5, 0.6) is 11.6 Å². The lowest BCUT2D eigenvalue weighted by Gasteiger charge is -2.29. The van der Waals surface area contributed by atoms with Crippen LogP contribution in [0.4, 0.5) is 4.39 Å². The zero-order valence-corrected chi connectivity index (χ0v) is 23.3. The highest BCUT2D eigenvalue weighted by Gasteiger charge is 2.63. The van der Waals surface area contributed by atoms with Gasteiger partial charge >= 0.3 is 5.97 Å². The van der Waals surface area contributed by atoms with Gasteiger partial charge in [-0.3, -0.25) is 4.79 Å². The minimum absolute atomic E-state index is 0.116. The first-order valence-electron chi connectivity index (χ1n) is 13.7. The summed E-state index contributed by atoms with van der Waals surface area (Å²) in [5.74, 6) is -0.766. The molecule has 3 aliphatic rings. The Morgan fingerprint density at radius 3 is 2.69 bits per heavy atom. The number of benzene rings is 2. The van der Waals surface area contributed by atoms with Crippen LogP contribution in [0.1, 0.15) is 74.1 Å². The van der Waals surface area contributed by atoms with Crippen molar-refractivity contribution < 1.29 is 23.8 Å². The van der Waals surface area contributed by atoms with Gasteiger partial charge in [0.25, 0.3) is 0 Å². The Bertz CT molecular complexity index is 1470. The van der Waals surface area contributed by atoms with Gasteiger partial charge in [-0.05, 0) is 72.3 Å². The summed E-state index contributed by atoms with van der Waals surface area (Å²) in [6.45, 7) is 4.80. The molecule has 1 aromatic heterocycles. The molecule has 1 N–H and O–H groups in total. The second kappa shape index (κ2) is 9.51. The molecule has 7 heteroatoms. The third kappa shape index (κ3) is 4.37. The minimum atomic E-state index is -0.846. The molecule has 3 aliphatic carbocycles. The number of nitrogens with zero attached hydrogens (tertiary/aromatic N) is 1. The summed E-state index contributed by atoms with van der Waals surface area (Å²) in [5, 5.41) is 10.1. The number of halogens is 2. The van der Waals surface area contributed by atoms with Gasteiger partial charge in [0.2, 0.25) is 5.88 Å². The van der Waals surface area contributed by atoms with E-state index < -0.39 is 23.1 Å². The minimum Gasteiger partial charge on any atom is -0.486 e.